The smallest absolute Gasteiger partial charge is 0.290 e. The summed E-state index contributed by atoms with van der Waals surface area (Å²) in [7, 11) is 3.05. The molecule has 0 aliphatic carbocycles. The van der Waals surface area contributed by atoms with Gasteiger partial charge in [0.15, 0.2) is 0 Å². The van der Waals surface area contributed by atoms with E-state index in [2.05, 4.69) is 0 Å². The molecule has 0 spiro atoms. The first-order valence-corrected chi connectivity index (χ1v) is 7.43. The van der Waals surface area contributed by atoms with Crippen LogP contribution >= 0.6 is 0 Å². The zero-order chi connectivity index (χ0) is 16.9. The molecule has 1 rings (SSSR count). The van der Waals surface area contributed by atoms with Crippen LogP contribution in [-0.4, -0.2) is 73.6 Å². The number of ketones is 2. The van der Waals surface area contributed by atoms with Crippen molar-refractivity contribution in [2.75, 3.05) is 40.4 Å². The molecule has 1 saturated heterocycles. The quantitative estimate of drug-likeness (QED) is 0.498. The van der Waals surface area contributed by atoms with Crippen molar-refractivity contribution in [3.8, 4) is 0 Å². The molecule has 0 aromatic heterocycles. The fraction of sp³-hybridized carbons (Fsp3) is 0.733. The van der Waals surface area contributed by atoms with Gasteiger partial charge in [0.2, 0.25) is 11.7 Å². The molecule has 1 heterocycles. The molecule has 0 unspecified atom stereocenters. The highest BCUT2D eigenvalue weighted by Gasteiger charge is 2.40. The summed E-state index contributed by atoms with van der Waals surface area (Å²) in [6, 6.07) is 0. The standard InChI is InChI=1S/C15H24N2O5/c1-5-11(12(10(2)18)14(20)16(3)4)13(19)15(21)17-6-8-22-9-7-17/h11-12H,5-9H2,1-4H3/t11-,12+/m1/s1. The van der Waals surface area contributed by atoms with Crippen molar-refractivity contribution >= 4 is 23.4 Å². The van der Waals surface area contributed by atoms with Gasteiger partial charge in [-0.1, -0.05) is 6.92 Å². The van der Waals surface area contributed by atoms with E-state index in [0.29, 0.717) is 26.3 Å². The largest absolute Gasteiger partial charge is 0.378 e. The Morgan fingerprint density at radius 2 is 1.68 bits per heavy atom. The lowest BCUT2D eigenvalue weighted by Crippen LogP contribution is -2.49. The summed E-state index contributed by atoms with van der Waals surface area (Å²) in [4.78, 5) is 51.5. The molecular weight excluding hydrogens is 288 g/mol. The van der Waals surface area contributed by atoms with E-state index < -0.39 is 35.2 Å². The van der Waals surface area contributed by atoms with Gasteiger partial charge >= 0.3 is 0 Å². The van der Waals surface area contributed by atoms with Gasteiger partial charge in [0.25, 0.3) is 5.91 Å². The molecule has 7 nitrogen and oxygen atoms in total. The minimum Gasteiger partial charge on any atom is -0.378 e. The number of morpholine rings is 1. The molecule has 0 N–H and O–H groups in total. The van der Waals surface area contributed by atoms with Crippen LogP contribution < -0.4 is 0 Å². The molecule has 2 amide bonds. The number of carbonyl (C=O) groups is 4. The Hall–Kier alpha value is -1.76. The third-order valence-electron chi connectivity index (χ3n) is 3.83. The second-order valence-electron chi connectivity index (χ2n) is 5.60. The van der Waals surface area contributed by atoms with E-state index in [0.717, 1.165) is 0 Å². The molecule has 22 heavy (non-hydrogen) atoms. The van der Waals surface area contributed by atoms with Crippen LogP contribution in [0.4, 0.5) is 0 Å². The number of ether oxygens (including phenoxy) is 1. The predicted octanol–water partition coefficient (Wildman–Crippen LogP) is -0.266. The monoisotopic (exact) mass is 312 g/mol. The van der Waals surface area contributed by atoms with Crippen LogP contribution in [0.5, 0.6) is 0 Å². The minimum atomic E-state index is -1.10. The lowest BCUT2D eigenvalue weighted by molar-refractivity contribution is -0.153. The van der Waals surface area contributed by atoms with Crippen LogP contribution in [0.1, 0.15) is 20.3 Å². The van der Waals surface area contributed by atoms with E-state index in [9.17, 15) is 19.2 Å². The average molecular weight is 312 g/mol. The van der Waals surface area contributed by atoms with Gasteiger partial charge in [0, 0.05) is 33.1 Å². The van der Waals surface area contributed by atoms with Gasteiger partial charge in [-0.3, -0.25) is 19.2 Å². The Morgan fingerprint density at radius 1 is 1.14 bits per heavy atom. The number of Topliss-reactive ketones (excluding diaryl/α,β-unsaturated/α-hetero) is 2. The predicted molar refractivity (Wildman–Crippen MR) is 79.1 cm³/mol. The molecule has 2 atom stereocenters. The van der Waals surface area contributed by atoms with E-state index in [1.54, 1.807) is 6.92 Å². The third-order valence-corrected chi connectivity index (χ3v) is 3.83. The SMILES string of the molecule is CC[C@@H](C(=O)C(=O)N1CCOCC1)[C@H](C(C)=O)C(=O)N(C)C. The maximum absolute atomic E-state index is 12.5. The number of rotatable bonds is 6. The zero-order valence-electron chi connectivity index (χ0n) is 13.6. The molecule has 0 saturated carbocycles. The first-order chi connectivity index (χ1) is 10.3. The summed E-state index contributed by atoms with van der Waals surface area (Å²) >= 11 is 0. The summed E-state index contributed by atoms with van der Waals surface area (Å²) in [5.74, 6) is -4.15. The summed E-state index contributed by atoms with van der Waals surface area (Å²) < 4.78 is 5.15. The lowest BCUT2D eigenvalue weighted by Gasteiger charge is -2.29. The third kappa shape index (κ3) is 4.13. The highest BCUT2D eigenvalue weighted by Crippen LogP contribution is 2.21. The van der Waals surface area contributed by atoms with Crippen molar-refractivity contribution in [1.82, 2.24) is 9.80 Å². The Balaban J connectivity index is 2.95. The maximum Gasteiger partial charge on any atom is 0.290 e. The molecule has 1 fully saturated rings. The van der Waals surface area contributed by atoms with Crippen molar-refractivity contribution in [3.63, 3.8) is 0 Å². The number of amides is 2. The van der Waals surface area contributed by atoms with Gasteiger partial charge in [0.1, 0.15) is 11.7 Å². The van der Waals surface area contributed by atoms with Crippen LogP contribution in [0, 0.1) is 11.8 Å². The van der Waals surface area contributed by atoms with E-state index in [-0.39, 0.29) is 6.42 Å². The molecule has 124 valence electrons. The second-order valence-corrected chi connectivity index (χ2v) is 5.60. The number of hydrogen-bond acceptors (Lipinski definition) is 5. The van der Waals surface area contributed by atoms with Crippen LogP contribution in [0.2, 0.25) is 0 Å². The molecule has 1 aliphatic heterocycles. The van der Waals surface area contributed by atoms with Gasteiger partial charge in [0.05, 0.1) is 13.2 Å². The van der Waals surface area contributed by atoms with E-state index in [1.807, 2.05) is 0 Å². The molecule has 0 aromatic carbocycles. The summed E-state index contributed by atoms with van der Waals surface area (Å²) in [5.41, 5.74) is 0. The Kier molecular flexibility index (Phi) is 6.67. The van der Waals surface area contributed by atoms with Crippen molar-refractivity contribution in [1.29, 1.82) is 0 Å². The Morgan fingerprint density at radius 3 is 2.09 bits per heavy atom. The van der Waals surface area contributed by atoms with Gasteiger partial charge < -0.3 is 14.5 Å². The van der Waals surface area contributed by atoms with Crippen LogP contribution in [0.25, 0.3) is 0 Å². The van der Waals surface area contributed by atoms with Gasteiger partial charge in [-0.2, -0.15) is 0 Å². The van der Waals surface area contributed by atoms with Crippen molar-refractivity contribution < 1.29 is 23.9 Å². The highest BCUT2D eigenvalue weighted by molar-refractivity contribution is 6.37. The fourth-order valence-corrected chi connectivity index (χ4v) is 2.56. The van der Waals surface area contributed by atoms with Gasteiger partial charge in [-0.05, 0) is 13.3 Å². The van der Waals surface area contributed by atoms with Gasteiger partial charge in [-0.25, -0.2) is 0 Å². The van der Waals surface area contributed by atoms with Gasteiger partial charge in [-0.15, -0.1) is 0 Å². The van der Waals surface area contributed by atoms with Crippen molar-refractivity contribution in [2.45, 2.75) is 20.3 Å². The van der Waals surface area contributed by atoms with E-state index in [1.165, 1.54) is 30.8 Å². The normalized spacial score (nSPS) is 17.5. The van der Waals surface area contributed by atoms with Crippen LogP contribution in [0.3, 0.4) is 0 Å². The molecule has 7 heteroatoms. The highest BCUT2D eigenvalue weighted by atomic mass is 16.5. The summed E-state index contributed by atoms with van der Waals surface area (Å²) in [6.45, 7) is 4.47. The van der Waals surface area contributed by atoms with Crippen LogP contribution in [-0.2, 0) is 23.9 Å². The van der Waals surface area contributed by atoms with E-state index in [4.69, 9.17) is 4.74 Å². The molecule has 0 radical (unpaired) electrons. The molecule has 0 bridgehead atoms. The summed E-state index contributed by atoms with van der Waals surface area (Å²) in [5, 5.41) is 0. The lowest BCUT2D eigenvalue weighted by atomic mass is 9.82. The fourth-order valence-electron chi connectivity index (χ4n) is 2.56. The number of nitrogens with zero attached hydrogens (tertiary/aromatic N) is 2. The van der Waals surface area contributed by atoms with Crippen molar-refractivity contribution in [3.05, 3.63) is 0 Å². The maximum atomic E-state index is 12.5. The Labute approximate surface area is 130 Å². The second kappa shape index (κ2) is 8.03. The topological polar surface area (TPSA) is 84.0 Å². The molecule has 0 aromatic rings. The summed E-state index contributed by atoms with van der Waals surface area (Å²) in [6.07, 6.45) is 0.263. The number of carbonyl (C=O) groups excluding carboxylic acids is 4. The zero-order valence-corrected chi connectivity index (χ0v) is 13.6. The first kappa shape index (κ1) is 18.3. The molecule has 1 aliphatic rings. The first-order valence-electron chi connectivity index (χ1n) is 7.43. The molecular formula is C15H24N2O5. The van der Waals surface area contributed by atoms with E-state index >= 15 is 0 Å². The number of hydrogen-bond donors (Lipinski definition) is 0. The Bertz CT molecular complexity index is 455. The van der Waals surface area contributed by atoms with Crippen molar-refractivity contribution in [2.24, 2.45) is 11.8 Å². The average Bonchev–Trinajstić information content (AvgIpc) is 2.50. The van der Waals surface area contributed by atoms with Crippen LogP contribution in [0.15, 0.2) is 0 Å². The minimum absolute atomic E-state index is 0.263.